The van der Waals surface area contributed by atoms with Crippen molar-refractivity contribution in [2.45, 2.75) is 58.1 Å². The van der Waals surface area contributed by atoms with Gasteiger partial charge in [-0.05, 0) is 25.2 Å². The molecule has 0 aromatic rings. The molecule has 3 atom stereocenters. The lowest BCUT2D eigenvalue weighted by atomic mass is 9.91. The smallest absolute Gasteiger partial charge is 0.224 e. The first kappa shape index (κ1) is 14.5. The molecule has 4 nitrogen and oxygen atoms in total. The highest BCUT2D eigenvalue weighted by atomic mass is 16.3. The van der Waals surface area contributed by atoms with E-state index in [9.17, 15) is 9.90 Å². The van der Waals surface area contributed by atoms with E-state index in [-0.39, 0.29) is 24.0 Å². The molecule has 100 valence electrons. The van der Waals surface area contributed by atoms with Crippen LogP contribution in [0.4, 0.5) is 0 Å². The second kappa shape index (κ2) is 6.97. The molecule has 1 rings (SSSR count). The summed E-state index contributed by atoms with van der Waals surface area (Å²) in [7, 11) is 0. The summed E-state index contributed by atoms with van der Waals surface area (Å²) in [4.78, 5) is 12.0. The summed E-state index contributed by atoms with van der Waals surface area (Å²) in [6.07, 6.45) is 4.24. The summed E-state index contributed by atoms with van der Waals surface area (Å²) < 4.78 is 0. The SMILES string of the molecule is CC(C)CC(CN)C(=O)N[C@@H]1CCCC[C@H]1O. The Kier molecular flexibility index (Phi) is 5.92. The lowest BCUT2D eigenvalue weighted by Crippen LogP contribution is -2.48. The maximum absolute atomic E-state index is 12.0. The first-order chi connectivity index (χ1) is 8.04. The van der Waals surface area contributed by atoms with Gasteiger partial charge in [0.25, 0.3) is 0 Å². The van der Waals surface area contributed by atoms with E-state index in [0.29, 0.717) is 12.5 Å². The number of aliphatic hydroxyl groups is 1. The molecule has 1 aliphatic rings. The number of nitrogens with two attached hydrogens (primary N) is 1. The van der Waals surface area contributed by atoms with E-state index in [4.69, 9.17) is 5.73 Å². The predicted molar refractivity (Wildman–Crippen MR) is 68.4 cm³/mol. The van der Waals surface area contributed by atoms with Gasteiger partial charge in [0.15, 0.2) is 0 Å². The van der Waals surface area contributed by atoms with Crippen LogP contribution in [0.3, 0.4) is 0 Å². The van der Waals surface area contributed by atoms with Crippen molar-refractivity contribution < 1.29 is 9.90 Å². The van der Waals surface area contributed by atoms with E-state index in [2.05, 4.69) is 19.2 Å². The second-order valence-corrected chi connectivity index (χ2v) is 5.53. The van der Waals surface area contributed by atoms with Crippen LogP contribution in [-0.2, 0) is 4.79 Å². The van der Waals surface area contributed by atoms with Gasteiger partial charge in [0.05, 0.1) is 18.1 Å². The molecule has 1 aliphatic carbocycles. The molecule has 1 unspecified atom stereocenters. The second-order valence-electron chi connectivity index (χ2n) is 5.53. The van der Waals surface area contributed by atoms with Gasteiger partial charge in [0, 0.05) is 6.54 Å². The van der Waals surface area contributed by atoms with Crippen LogP contribution in [0.2, 0.25) is 0 Å². The third-order valence-electron chi connectivity index (χ3n) is 3.47. The van der Waals surface area contributed by atoms with Gasteiger partial charge in [0.2, 0.25) is 5.91 Å². The van der Waals surface area contributed by atoms with Crippen molar-refractivity contribution in [3.05, 3.63) is 0 Å². The Morgan fingerprint density at radius 1 is 1.41 bits per heavy atom. The van der Waals surface area contributed by atoms with Crippen LogP contribution < -0.4 is 11.1 Å². The zero-order chi connectivity index (χ0) is 12.8. The molecule has 0 aromatic carbocycles. The summed E-state index contributed by atoms with van der Waals surface area (Å²) in [5.41, 5.74) is 5.64. The van der Waals surface area contributed by atoms with E-state index in [0.717, 1.165) is 32.1 Å². The largest absolute Gasteiger partial charge is 0.391 e. The molecule has 1 amide bonds. The van der Waals surface area contributed by atoms with Crippen molar-refractivity contribution >= 4 is 5.91 Å². The average Bonchev–Trinajstić information content (AvgIpc) is 2.28. The summed E-state index contributed by atoms with van der Waals surface area (Å²) in [6, 6.07) is -0.0718. The van der Waals surface area contributed by atoms with Crippen molar-refractivity contribution in [3.63, 3.8) is 0 Å². The van der Waals surface area contributed by atoms with E-state index < -0.39 is 0 Å². The van der Waals surface area contributed by atoms with Crippen molar-refractivity contribution in [2.75, 3.05) is 6.54 Å². The first-order valence-electron chi connectivity index (χ1n) is 6.73. The maximum atomic E-state index is 12.0. The van der Waals surface area contributed by atoms with Crippen LogP contribution in [0.15, 0.2) is 0 Å². The Morgan fingerprint density at radius 2 is 2.06 bits per heavy atom. The highest BCUT2D eigenvalue weighted by molar-refractivity contribution is 5.79. The van der Waals surface area contributed by atoms with Gasteiger partial charge in [-0.15, -0.1) is 0 Å². The Morgan fingerprint density at radius 3 is 2.59 bits per heavy atom. The lowest BCUT2D eigenvalue weighted by Gasteiger charge is -2.30. The topological polar surface area (TPSA) is 75.4 Å². The third kappa shape index (κ3) is 4.64. The van der Waals surface area contributed by atoms with Crippen LogP contribution in [0, 0.1) is 11.8 Å². The average molecular weight is 242 g/mol. The Balaban J connectivity index is 2.45. The van der Waals surface area contributed by atoms with Crippen molar-refractivity contribution in [1.82, 2.24) is 5.32 Å². The number of carbonyl (C=O) groups is 1. The monoisotopic (exact) mass is 242 g/mol. The molecule has 0 spiro atoms. The lowest BCUT2D eigenvalue weighted by molar-refractivity contribution is -0.127. The van der Waals surface area contributed by atoms with E-state index in [1.54, 1.807) is 0 Å². The molecule has 0 saturated heterocycles. The number of nitrogens with one attached hydrogen (secondary N) is 1. The Labute approximate surface area is 104 Å². The van der Waals surface area contributed by atoms with Gasteiger partial charge < -0.3 is 16.2 Å². The zero-order valence-electron chi connectivity index (χ0n) is 11.0. The molecule has 1 fully saturated rings. The van der Waals surface area contributed by atoms with Crippen LogP contribution >= 0.6 is 0 Å². The fourth-order valence-electron chi connectivity index (χ4n) is 2.46. The van der Waals surface area contributed by atoms with Gasteiger partial charge in [-0.2, -0.15) is 0 Å². The first-order valence-corrected chi connectivity index (χ1v) is 6.73. The highest BCUT2D eigenvalue weighted by Crippen LogP contribution is 2.19. The molecule has 4 heteroatoms. The van der Waals surface area contributed by atoms with Gasteiger partial charge in [-0.25, -0.2) is 0 Å². The van der Waals surface area contributed by atoms with E-state index in [1.807, 2.05) is 0 Å². The molecule has 0 aromatic heterocycles. The van der Waals surface area contributed by atoms with Crippen LogP contribution in [0.1, 0.15) is 46.0 Å². The number of hydrogen-bond acceptors (Lipinski definition) is 3. The molecule has 0 radical (unpaired) electrons. The summed E-state index contributed by atoms with van der Waals surface area (Å²) in [5.74, 6) is 0.349. The van der Waals surface area contributed by atoms with Gasteiger partial charge in [0.1, 0.15) is 0 Å². The summed E-state index contributed by atoms with van der Waals surface area (Å²) in [6.45, 7) is 4.56. The third-order valence-corrected chi connectivity index (χ3v) is 3.47. The van der Waals surface area contributed by atoms with Crippen LogP contribution in [0.5, 0.6) is 0 Å². The van der Waals surface area contributed by atoms with E-state index >= 15 is 0 Å². The number of carbonyl (C=O) groups excluding carboxylic acids is 1. The fraction of sp³-hybridized carbons (Fsp3) is 0.923. The number of aliphatic hydroxyl groups excluding tert-OH is 1. The normalized spacial score (nSPS) is 26.9. The molecule has 0 aliphatic heterocycles. The van der Waals surface area contributed by atoms with Crippen molar-refractivity contribution in [2.24, 2.45) is 17.6 Å². The minimum atomic E-state index is -0.384. The molecular formula is C13H26N2O2. The molecule has 1 saturated carbocycles. The van der Waals surface area contributed by atoms with Gasteiger partial charge in [-0.1, -0.05) is 26.7 Å². The molecule has 17 heavy (non-hydrogen) atoms. The van der Waals surface area contributed by atoms with Crippen LogP contribution in [-0.4, -0.2) is 29.7 Å². The van der Waals surface area contributed by atoms with Crippen molar-refractivity contribution in [3.8, 4) is 0 Å². The Bertz CT molecular complexity index is 244. The molecule has 4 N–H and O–H groups in total. The van der Waals surface area contributed by atoms with E-state index in [1.165, 1.54) is 0 Å². The molecular weight excluding hydrogens is 216 g/mol. The van der Waals surface area contributed by atoms with Gasteiger partial charge >= 0.3 is 0 Å². The molecule has 0 bridgehead atoms. The maximum Gasteiger partial charge on any atom is 0.224 e. The standard InChI is InChI=1S/C13H26N2O2/c1-9(2)7-10(8-14)13(17)15-11-5-3-4-6-12(11)16/h9-12,16H,3-8,14H2,1-2H3,(H,15,17)/t10?,11-,12-/m1/s1. The summed E-state index contributed by atoms with van der Waals surface area (Å²) >= 11 is 0. The minimum absolute atomic E-state index is 0.00662. The fourth-order valence-corrected chi connectivity index (χ4v) is 2.46. The quantitative estimate of drug-likeness (QED) is 0.674. The Hall–Kier alpha value is -0.610. The summed E-state index contributed by atoms with van der Waals surface area (Å²) in [5, 5.41) is 12.8. The molecule has 0 heterocycles. The minimum Gasteiger partial charge on any atom is -0.391 e. The van der Waals surface area contributed by atoms with Crippen molar-refractivity contribution in [1.29, 1.82) is 0 Å². The number of amides is 1. The van der Waals surface area contributed by atoms with Gasteiger partial charge in [-0.3, -0.25) is 4.79 Å². The van der Waals surface area contributed by atoms with Crippen LogP contribution in [0.25, 0.3) is 0 Å². The predicted octanol–water partition coefficient (Wildman–Crippen LogP) is 1.03. The highest BCUT2D eigenvalue weighted by Gasteiger charge is 2.27. The zero-order valence-corrected chi connectivity index (χ0v) is 11.0. The number of hydrogen-bond donors (Lipinski definition) is 3. The number of rotatable bonds is 5.